The first kappa shape index (κ1) is 18.3. The summed E-state index contributed by atoms with van der Waals surface area (Å²) >= 11 is 0. The molecule has 0 amide bonds. The van der Waals surface area contributed by atoms with E-state index in [4.69, 9.17) is 0 Å². The molecule has 0 N–H and O–H groups in total. The van der Waals surface area contributed by atoms with Gasteiger partial charge in [0.25, 0.3) is 10.2 Å². The number of rotatable bonds is 6. The van der Waals surface area contributed by atoms with Crippen LogP contribution in [0, 0.1) is 5.92 Å². The minimum absolute atomic E-state index is 0.470. The molecule has 0 aromatic carbocycles. The molecule has 0 spiro atoms. The fraction of sp³-hybridized carbons (Fsp3) is 0.733. The predicted molar refractivity (Wildman–Crippen MR) is 90.0 cm³/mol. The summed E-state index contributed by atoms with van der Waals surface area (Å²) in [5.74, 6) is 0.470. The molecule has 1 aromatic rings. The zero-order chi connectivity index (χ0) is 17.0. The van der Waals surface area contributed by atoms with Gasteiger partial charge in [0.05, 0.1) is 17.6 Å². The van der Waals surface area contributed by atoms with Gasteiger partial charge in [-0.3, -0.25) is 9.97 Å². The third-order valence-corrected chi connectivity index (χ3v) is 6.04. The Hall–Kier alpha value is -1.09. The van der Waals surface area contributed by atoms with Crippen LogP contribution < -0.4 is 0 Å². The van der Waals surface area contributed by atoms with Crippen molar-refractivity contribution in [3.05, 3.63) is 23.8 Å². The fourth-order valence-electron chi connectivity index (χ4n) is 2.76. The molecular weight excluding hydrogens is 314 g/mol. The van der Waals surface area contributed by atoms with Crippen LogP contribution in [0.25, 0.3) is 0 Å². The molecule has 8 heteroatoms. The van der Waals surface area contributed by atoms with Gasteiger partial charge in [-0.25, -0.2) is 0 Å². The van der Waals surface area contributed by atoms with Crippen molar-refractivity contribution in [3.63, 3.8) is 0 Å². The summed E-state index contributed by atoms with van der Waals surface area (Å²) in [5.41, 5.74) is 1.95. The molecule has 23 heavy (non-hydrogen) atoms. The van der Waals surface area contributed by atoms with Gasteiger partial charge in [-0.05, 0) is 39.3 Å². The summed E-state index contributed by atoms with van der Waals surface area (Å²) in [6.45, 7) is 1.95. The first-order valence-electron chi connectivity index (χ1n) is 7.91. The summed E-state index contributed by atoms with van der Waals surface area (Å²) in [7, 11) is 3.88. The lowest BCUT2D eigenvalue weighted by Crippen LogP contribution is -2.44. The monoisotopic (exact) mass is 341 g/mol. The summed E-state index contributed by atoms with van der Waals surface area (Å²) < 4.78 is 27.0. The van der Waals surface area contributed by atoms with Crippen LogP contribution in [0.5, 0.6) is 0 Å². The van der Waals surface area contributed by atoms with Gasteiger partial charge in [-0.15, -0.1) is 0 Å². The Morgan fingerprint density at radius 3 is 2.13 bits per heavy atom. The second kappa shape index (κ2) is 7.65. The molecule has 0 atom stereocenters. The molecule has 1 aromatic heterocycles. The van der Waals surface area contributed by atoms with Gasteiger partial charge < -0.3 is 4.90 Å². The van der Waals surface area contributed by atoms with Crippen molar-refractivity contribution >= 4 is 10.2 Å². The highest BCUT2D eigenvalue weighted by Crippen LogP contribution is 2.23. The second-order valence-corrected chi connectivity index (χ2v) is 8.72. The summed E-state index contributed by atoms with van der Waals surface area (Å²) in [6, 6.07) is 0. The minimum Gasteiger partial charge on any atom is -0.304 e. The Bertz CT molecular complexity index is 593. The first-order valence-corrected chi connectivity index (χ1v) is 9.31. The van der Waals surface area contributed by atoms with E-state index in [0.717, 1.165) is 37.2 Å². The zero-order valence-corrected chi connectivity index (χ0v) is 15.3. The SMILES string of the molecule is CN(C)Cc1cnc(CC2CCN(S(=O)(=O)N(C)C)CC2)cn1. The van der Waals surface area contributed by atoms with Gasteiger partial charge in [-0.2, -0.15) is 17.0 Å². The third kappa shape index (κ3) is 4.94. The van der Waals surface area contributed by atoms with Crippen LogP contribution >= 0.6 is 0 Å². The van der Waals surface area contributed by atoms with Gasteiger partial charge >= 0.3 is 0 Å². The standard InChI is InChI=1S/C15H27N5O2S/c1-18(2)12-15-11-16-14(10-17-15)9-13-5-7-20(8-6-13)23(21,22)19(3)4/h10-11,13H,5-9,12H2,1-4H3. The molecule has 7 nitrogen and oxygen atoms in total. The van der Waals surface area contributed by atoms with Gasteiger partial charge in [-0.1, -0.05) is 0 Å². The molecule has 0 aliphatic carbocycles. The maximum absolute atomic E-state index is 12.1. The van der Waals surface area contributed by atoms with Crippen molar-refractivity contribution in [1.82, 2.24) is 23.5 Å². The molecule has 0 radical (unpaired) electrons. The molecule has 0 saturated carbocycles. The lowest BCUT2D eigenvalue weighted by atomic mass is 9.93. The minimum atomic E-state index is -3.28. The number of piperidine rings is 1. The van der Waals surface area contributed by atoms with Crippen molar-refractivity contribution in [2.24, 2.45) is 5.92 Å². The Morgan fingerprint density at radius 1 is 1.09 bits per heavy atom. The molecule has 1 aliphatic rings. The van der Waals surface area contributed by atoms with Crippen molar-refractivity contribution < 1.29 is 8.42 Å². The third-order valence-electron chi connectivity index (χ3n) is 4.10. The molecule has 0 unspecified atom stereocenters. The molecule has 1 aliphatic heterocycles. The van der Waals surface area contributed by atoms with E-state index in [1.165, 1.54) is 4.31 Å². The van der Waals surface area contributed by atoms with E-state index in [1.54, 1.807) is 18.4 Å². The van der Waals surface area contributed by atoms with Crippen LogP contribution in [0.15, 0.2) is 12.4 Å². The highest BCUT2D eigenvalue weighted by Gasteiger charge is 2.29. The number of aromatic nitrogens is 2. The lowest BCUT2D eigenvalue weighted by molar-refractivity contribution is 0.260. The van der Waals surface area contributed by atoms with Crippen molar-refractivity contribution in [1.29, 1.82) is 0 Å². The van der Waals surface area contributed by atoms with Crippen LogP contribution in [0.4, 0.5) is 0 Å². The van der Waals surface area contributed by atoms with Crippen molar-refractivity contribution in [3.8, 4) is 0 Å². The molecule has 130 valence electrons. The molecular formula is C15H27N5O2S. The molecule has 0 bridgehead atoms. The number of nitrogens with zero attached hydrogens (tertiary/aromatic N) is 5. The molecule has 1 saturated heterocycles. The lowest BCUT2D eigenvalue weighted by Gasteiger charge is -2.32. The van der Waals surface area contributed by atoms with E-state index >= 15 is 0 Å². The van der Waals surface area contributed by atoms with Crippen LogP contribution in [0.2, 0.25) is 0 Å². The van der Waals surface area contributed by atoms with Gasteiger partial charge in [0.1, 0.15) is 0 Å². The van der Waals surface area contributed by atoms with Gasteiger partial charge in [0.2, 0.25) is 0 Å². The van der Waals surface area contributed by atoms with Crippen molar-refractivity contribution in [2.75, 3.05) is 41.3 Å². The fourth-order valence-corrected chi connectivity index (χ4v) is 3.90. The summed E-state index contributed by atoms with van der Waals surface area (Å²) in [5, 5.41) is 0. The number of hydrogen-bond donors (Lipinski definition) is 0. The molecule has 2 heterocycles. The van der Waals surface area contributed by atoms with Gasteiger partial charge in [0.15, 0.2) is 0 Å². The first-order chi connectivity index (χ1) is 10.8. The Morgan fingerprint density at radius 2 is 1.65 bits per heavy atom. The Labute approximate surface area is 139 Å². The smallest absolute Gasteiger partial charge is 0.281 e. The highest BCUT2D eigenvalue weighted by molar-refractivity contribution is 7.86. The molecule has 1 fully saturated rings. The maximum atomic E-state index is 12.1. The van der Waals surface area contributed by atoms with Crippen LogP contribution in [0.1, 0.15) is 24.2 Å². The van der Waals surface area contributed by atoms with E-state index in [0.29, 0.717) is 19.0 Å². The van der Waals surface area contributed by atoms with E-state index < -0.39 is 10.2 Å². The maximum Gasteiger partial charge on any atom is 0.281 e. The summed E-state index contributed by atoms with van der Waals surface area (Å²) in [6.07, 6.45) is 6.29. The summed E-state index contributed by atoms with van der Waals surface area (Å²) in [4.78, 5) is 11.0. The Kier molecular flexibility index (Phi) is 6.07. The normalized spacial score (nSPS) is 18.0. The van der Waals surface area contributed by atoms with Crippen LogP contribution in [-0.4, -0.2) is 73.2 Å². The molecule has 2 rings (SSSR count). The van der Waals surface area contributed by atoms with E-state index in [-0.39, 0.29) is 0 Å². The van der Waals surface area contributed by atoms with E-state index in [2.05, 4.69) is 14.9 Å². The second-order valence-electron chi connectivity index (χ2n) is 6.57. The highest BCUT2D eigenvalue weighted by atomic mass is 32.2. The average molecular weight is 341 g/mol. The van der Waals surface area contributed by atoms with E-state index in [1.807, 2.05) is 26.5 Å². The largest absolute Gasteiger partial charge is 0.304 e. The van der Waals surface area contributed by atoms with Crippen LogP contribution in [-0.2, 0) is 23.2 Å². The van der Waals surface area contributed by atoms with E-state index in [9.17, 15) is 8.42 Å². The average Bonchev–Trinajstić information content (AvgIpc) is 2.49. The van der Waals surface area contributed by atoms with Gasteiger partial charge in [0, 0.05) is 39.9 Å². The predicted octanol–water partition coefficient (Wildman–Crippen LogP) is 0.599. The quantitative estimate of drug-likeness (QED) is 0.758. The zero-order valence-electron chi connectivity index (χ0n) is 14.4. The Balaban J connectivity index is 1.87. The topological polar surface area (TPSA) is 69.6 Å². The number of hydrogen-bond acceptors (Lipinski definition) is 5. The van der Waals surface area contributed by atoms with Crippen molar-refractivity contribution in [2.45, 2.75) is 25.8 Å². The van der Waals surface area contributed by atoms with Crippen LogP contribution in [0.3, 0.4) is 0 Å².